The molecule has 3 aromatic carbocycles. The van der Waals surface area contributed by atoms with Crippen molar-refractivity contribution in [2.75, 3.05) is 11.9 Å². The van der Waals surface area contributed by atoms with E-state index in [1.807, 2.05) is 0 Å². The molecule has 11 heteroatoms. The molecule has 1 aliphatic rings. The third-order valence-electron chi connectivity index (χ3n) is 5.03. The van der Waals surface area contributed by atoms with Crippen LogP contribution in [0, 0.1) is 15.9 Å². The fraction of sp³-hybridized carbons (Fsp3) is 0.0800. The monoisotopic (exact) mass is 507 g/mol. The third-order valence-corrected chi connectivity index (χ3v) is 5.94. The molecule has 3 aromatic rings. The van der Waals surface area contributed by atoms with E-state index in [1.165, 1.54) is 48.5 Å². The molecule has 1 N–H and O–H groups in total. The maximum atomic E-state index is 13.1. The van der Waals surface area contributed by atoms with Crippen molar-refractivity contribution >= 4 is 46.3 Å². The molecule has 0 aliphatic carbocycles. The van der Waals surface area contributed by atoms with Crippen LogP contribution in [-0.4, -0.2) is 33.4 Å². The summed E-state index contributed by atoms with van der Waals surface area (Å²) in [5, 5.41) is 13.2. The highest BCUT2D eigenvalue weighted by Crippen LogP contribution is 2.35. The van der Waals surface area contributed by atoms with Gasteiger partial charge in [-0.05, 0) is 53.7 Å². The molecule has 1 saturated heterocycles. The predicted molar refractivity (Wildman–Crippen MR) is 132 cm³/mol. The first kappa shape index (κ1) is 24.6. The number of imide groups is 1. The van der Waals surface area contributed by atoms with Crippen molar-refractivity contribution in [3.63, 3.8) is 0 Å². The first-order chi connectivity index (χ1) is 17.3. The van der Waals surface area contributed by atoms with Gasteiger partial charge in [0.25, 0.3) is 16.8 Å². The average Bonchev–Trinajstić information content (AvgIpc) is 3.12. The van der Waals surface area contributed by atoms with Crippen molar-refractivity contribution in [3.05, 3.63) is 105 Å². The second kappa shape index (κ2) is 10.8. The molecule has 1 aliphatic heterocycles. The number of nitrogens with zero attached hydrogens (tertiary/aromatic N) is 2. The number of thioether (sulfide) groups is 1. The van der Waals surface area contributed by atoms with Crippen LogP contribution in [0.25, 0.3) is 6.08 Å². The van der Waals surface area contributed by atoms with Crippen LogP contribution in [0.2, 0.25) is 0 Å². The minimum absolute atomic E-state index is 0.0142. The van der Waals surface area contributed by atoms with Gasteiger partial charge in [-0.3, -0.25) is 29.4 Å². The maximum absolute atomic E-state index is 13.1. The largest absolute Gasteiger partial charge is 0.488 e. The molecule has 182 valence electrons. The van der Waals surface area contributed by atoms with Crippen LogP contribution >= 0.6 is 11.8 Å². The van der Waals surface area contributed by atoms with Gasteiger partial charge in [0, 0.05) is 23.4 Å². The topological polar surface area (TPSA) is 119 Å². The standard InChI is InChI=1S/C25H18FN3O6S/c26-18-8-6-16(7-9-18)15-35-21-11-10-20(29(33)34)12-17(21)13-22-24(31)28(25(32)36-22)14-23(30)27-19-4-2-1-3-5-19/h1-13H,14-15H2,(H,27,30)/b22-13-. The zero-order chi connectivity index (χ0) is 25.7. The zero-order valence-electron chi connectivity index (χ0n) is 18.5. The van der Waals surface area contributed by atoms with Crippen LogP contribution in [0.15, 0.2) is 77.7 Å². The molecular weight excluding hydrogens is 489 g/mol. The highest BCUT2D eigenvalue weighted by molar-refractivity contribution is 8.18. The quantitative estimate of drug-likeness (QED) is 0.259. The van der Waals surface area contributed by atoms with E-state index in [9.17, 15) is 28.9 Å². The smallest absolute Gasteiger partial charge is 0.294 e. The van der Waals surface area contributed by atoms with Gasteiger partial charge >= 0.3 is 0 Å². The summed E-state index contributed by atoms with van der Waals surface area (Å²) in [6, 6.07) is 18.0. The van der Waals surface area contributed by atoms with E-state index in [1.54, 1.807) is 30.3 Å². The summed E-state index contributed by atoms with van der Waals surface area (Å²) < 4.78 is 18.9. The van der Waals surface area contributed by atoms with E-state index in [2.05, 4.69) is 5.32 Å². The molecule has 0 atom stereocenters. The lowest BCUT2D eigenvalue weighted by atomic mass is 10.1. The number of halogens is 1. The van der Waals surface area contributed by atoms with Crippen LogP contribution in [0.5, 0.6) is 5.75 Å². The fourth-order valence-electron chi connectivity index (χ4n) is 3.28. The second-order valence-electron chi connectivity index (χ2n) is 7.58. The summed E-state index contributed by atoms with van der Waals surface area (Å²) in [4.78, 5) is 49.1. The fourth-order valence-corrected chi connectivity index (χ4v) is 4.11. The van der Waals surface area contributed by atoms with Crippen LogP contribution < -0.4 is 10.1 Å². The van der Waals surface area contributed by atoms with Crippen LogP contribution in [0.3, 0.4) is 0 Å². The molecule has 1 fully saturated rings. The lowest BCUT2D eigenvalue weighted by Gasteiger charge is -2.12. The number of anilines is 1. The Morgan fingerprint density at radius 1 is 1.08 bits per heavy atom. The Kier molecular flexibility index (Phi) is 7.40. The second-order valence-corrected chi connectivity index (χ2v) is 8.57. The highest BCUT2D eigenvalue weighted by Gasteiger charge is 2.36. The Morgan fingerprint density at radius 3 is 2.50 bits per heavy atom. The van der Waals surface area contributed by atoms with Gasteiger partial charge in [-0.15, -0.1) is 0 Å². The van der Waals surface area contributed by atoms with Gasteiger partial charge in [0.05, 0.1) is 9.83 Å². The molecule has 3 amide bonds. The van der Waals surface area contributed by atoms with Gasteiger partial charge < -0.3 is 10.1 Å². The van der Waals surface area contributed by atoms with Gasteiger partial charge in [0.15, 0.2) is 0 Å². The number of amides is 3. The average molecular weight is 507 g/mol. The molecule has 0 spiro atoms. The number of nitrogens with one attached hydrogen (secondary N) is 1. The van der Waals surface area contributed by atoms with Crippen molar-refractivity contribution in [2.45, 2.75) is 6.61 Å². The molecule has 0 aromatic heterocycles. The third kappa shape index (κ3) is 5.94. The minimum Gasteiger partial charge on any atom is -0.488 e. The number of hydrogen-bond donors (Lipinski definition) is 1. The van der Waals surface area contributed by atoms with Gasteiger partial charge in [0.1, 0.15) is 24.7 Å². The normalized spacial score (nSPS) is 14.2. The summed E-state index contributed by atoms with van der Waals surface area (Å²) >= 11 is 0.615. The number of carbonyl (C=O) groups is 3. The molecule has 0 bridgehead atoms. The Labute approximate surface area is 208 Å². The predicted octanol–water partition coefficient (Wildman–Crippen LogP) is 4.99. The first-order valence-electron chi connectivity index (χ1n) is 10.6. The van der Waals surface area contributed by atoms with E-state index in [0.29, 0.717) is 23.0 Å². The number of para-hydroxylation sites is 1. The van der Waals surface area contributed by atoms with Crippen molar-refractivity contribution in [2.24, 2.45) is 0 Å². The lowest BCUT2D eigenvalue weighted by Crippen LogP contribution is -2.36. The van der Waals surface area contributed by atoms with Crippen LogP contribution in [0.4, 0.5) is 20.6 Å². The van der Waals surface area contributed by atoms with Crippen molar-refractivity contribution in [3.8, 4) is 5.75 Å². The number of nitro benzene ring substituents is 1. The Bertz CT molecular complexity index is 1360. The van der Waals surface area contributed by atoms with E-state index in [-0.39, 0.29) is 28.5 Å². The number of carbonyl (C=O) groups excluding carboxylic acids is 3. The van der Waals surface area contributed by atoms with Crippen molar-refractivity contribution in [1.29, 1.82) is 0 Å². The number of ether oxygens (including phenoxy) is 1. The zero-order valence-corrected chi connectivity index (χ0v) is 19.4. The first-order valence-corrected chi connectivity index (χ1v) is 11.4. The SMILES string of the molecule is O=C(CN1C(=O)S/C(=C\c2cc([N+](=O)[O-])ccc2OCc2ccc(F)cc2)C1=O)Nc1ccccc1. The Balaban J connectivity index is 1.53. The number of benzene rings is 3. The Hall–Kier alpha value is -4.51. The summed E-state index contributed by atoms with van der Waals surface area (Å²) in [7, 11) is 0. The number of hydrogen-bond acceptors (Lipinski definition) is 7. The van der Waals surface area contributed by atoms with Gasteiger partial charge in [-0.25, -0.2) is 4.39 Å². The molecule has 0 unspecified atom stereocenters. The van der Waals surface area contributed by atoms with E-state index in [4.69, 9.17) is 4.74 Å². The maximum Gasteiger partial charge on any atom is 0.294 e. The van der Waals surface area contributed by atoms with Gasteiger partial charge in [-0.1, -0.05) is 30.3 Å². The minimum atomic E-state index is -0.704. The molecule has 0 radical (unpaired) electrons. The lowest BCUT2D eigenvalue weighted by molar-refractivity contribution is -0.384. The van der Waals surface area contributed by atoms with E-state index in [0.717, 1.165) is 4.90 Å². The number of rotatable bonds is 8. The number of non-ortho nitro benzene ring substituents is 1. The van der Waals surface area contributed by atoms with E-state index < -0.39 is 34.3 Å². The highest BCUT2D eigenvalue weighted by atomic mass is 32.2. The van der Waals surface area contributed by atoms with Crippen LogP contribution in [-0.2, 0) is 16.2 Å². The van der Waals surface area contributed by atoms with Crippen molar-refractivity contribution < 1.29 is 28.4 Å². The molecule has 0 saturated carbocycles. The summed E-state index contributed by atoms with van der Waals surface area (Å²) in [6.07, 6.45) is 1.31. The molecule has 36 heavy (non-hydrogen) atoms. The van der Waals surface area contributed by atoms with Gasteiger partial charge in [-0.2, -0.15) is 0 Å². The molecule has 1 heterocycles. The molecular formula is C25H18FN3O6S. The van der Waals surface area contributed by atoms with Crippen molar-refractivity contribution in [1.82, 2.24) is 4.90 Å². The Morgan fingerprint density at radius 2 is 1.81 bits per heavy atom. The summed E-state index contributed by atoms with van der Waals surface area (Å²) in [6.45, 7) is -0.445. The van der Waals surface area contributed by atoms with Crippen LogP contribution in [0.1, 0.15) is 11.1 Å². The van der Waals surface area contributed by atoms with Gasteiger partial charge in [0.2, 0.25) is 5.91 Å². The summed E-state index contributed by atoms with van der Waals surface area (Å²) in [5.41, 5.74) is 1.14. The molecule has 9 nitrogen and oxygen atoms in total. The van der Waals surface area contributed by atoms with E-state index >= 15 is 0 Å². The summed E-state index contributed by atoms with van der Waals surface area (Å²) in [5.74, 6) is -1.44. The molecule has 4 rings (SSSR count). The number of nitro groups is 1.